The number of furan rings is 1. The van der Waals surface area contributed by atoms with Gasteiger partial charge < -0.3 is 13.9 Å². The molecule has 42 heavy (non-hydrogen) atoms. The van der Waals surface area contributed by atoms with Crippen LogP contribution < -0.4 is 14.9 Å². The number of rotatable bonds is 7. The number of nitrogens with zero attached hydrogens (tertiary/aromatic N) is 2. The number of hydrogen-bond donors (Lipinski definition) is 0. The van der Waals surface area contributed by atoms with Crippen LogP contribution in [-0.2, 0) is 14.3 Å². The van der Waals surface area contributed by atoms with Gasteiger partial charge in [0.25, 0.3) is 5.56 Å². The van der Waals surface area contributed by atoms with Crippen LogP contribution in [0.2, 0.25) is 10.0 Å². The van der Waals surface area contributed by atoms with Gasteiger partial charge in [-0.2, -0.15) is 0 Å². The standard InChI is InChI=1S/C31H26Cl2N2O6S/c1-5-39-30(38)26-17(4)34-31-35(27(26)18-6-8-19(32)9-7-18)28(36)25(42-31)15-21-11-13-24(41-21)23-14-20(33)10-12-22(23)29(37)40-16(2)3/h6-16,27H,5H2,1-4H3/b25-15+/t27-/m0/s1. The summed E-state index contributed by atoms with van der Waals surface area (Å²) in [5, 5.41) is 0.950. The van der Waals surface area contributed by atoms with Gasteiger partial charge in [0.05, 0.1) is 40.1 Å². The number of ether oxygens (including phenoxy) is 2. The van der Waals surface area contributed by atoms with Crippen LogP contribution in [0, 0.1) is 0 Å². The van der Waals surface area contributed by atoms with E-state index in [-0.39, 0.29) is 23.8 Å². The monoisotopic (exact) mass is 624 g/mol. The Hall–Kier alpha value is -3.92. The van der Waals surface area contributed by atoms with E-state index in [1.807, 2.05) is 0 Å². The molecule has 0 aliphatic carbocycles. The molecule has 2 aromatic carbocycles. The second-order valence-electron chi connectivity index (χ2n) is 9.70. The summed E-state index contributed by atoms with van der Waals surface area (Å²) in [5.74, 6) is -0.288. The third-order valence-corrected chi connectivity index (χ3v) is 7.88. The largest absolute Gasteiger partial charge is 0.463 e. The van der Waals surface area contributed by atoms with Crippen LogP contribution in [0.1, 0.15) is 55.4 Å². The smallest absolute Gasteiger partial charge is 0.339 e. The molecule has 0 fully saturated rings. The van der Waals surface area contributed by atoms with Crippen LogP contribution in [0.15, 0.2) is 80.1 Å². The summed E-state index contributed by atoms with van der Waals surface area (Å²) < 4.78 is 18.6. The van der Waals surface area contributed by atoms with E-state index in [1.54, 1.807) is 88.4 Å². The molecule has 1 aliphatic heterocycles. The summed E-state index contributed by atoms with van der Waals surface area (Å²) in [6, 6.07) is 14.4. The fraction of sp³-hybridized carbons (Fsp3) is 0.226. The molecule has 2 aromatic heterocycles. The van der Waals surface area contributed by atoms with Gasteiger partial charge in [-0.1, -0.05) is 46.7 Å². The van der Waals surface area contributed by atoms with Crippen molar-refractivity contribution >= 4 is 52.6 Å². The molecule has 0 spiro atoms. The average molecular weight is 626 g/mol. The molecule has 0 bridgehead atoms. The molecule has 4 aromatic rings. The van der Waals surface area contributed by atoms with E-state index in [4.69, 9.17) is 37.1 Å². The molecule has 0 amide bonds. The average Bonchev–Trinajstić information content (AvgIpc) is 3.52. The molecule has 0 saturated carbocycles. The summed E-state index contributed by atoms with van der Waals surface area (Å²) in [7, 11) is 0. The van der Waals surface area contributed by atoms with E-state index in [9.17, 15) is 14.4 Å². The predicted molar refractivity (Wildman–Crippen MR) is 162 cm³/mol. The number of allylic oxidation sites excluding steroid dienone is 1. The molecule has 0 N–H and O–H groups in total. The molecule has 3 heterocycles. The Morgan fingerprint density at radius 2 is 1.79 bits per heavy atom. The van der Waals surface area contributed by atoms with Crippen molar-refractivity contribution in [3.63, 3.8) is 0 Å². The minimum absolute atomic E-state index is 0.178. The SMILES string of the molecule is CCOC(=O)C1=C(C)N=c2s/c(=C/c3ccc(-c4cc(Cl)ccc4C(=O)OC(C)C)o3)c(=O)n2[C@H]1c1ccc(Cl)cc1. The first kappa shape index (κ1) is 29.6. The van der Waals surface area contributed by atoms with E-state index in [0.717, 1.165) is 0 Å². The van der Waals surface area contributed by atoms with Crippen molar-refractivity contribution in [2.75, 3.05) is 6.61 Å². The molecular formula is C31H26Cl2N2O6S. The lowest BCUT2D eigenvalue weighted by molar-refractivity contribution is -0.139. The minimum atomic E-state index is -0.757. The molecule has 0 unspecified atom stereocenters. The lowest BCUT2D eigenvalue weighted by Gasteiger charge is -2.24. The molecule has 1 aliphatic rings. The first-order chi connectivity index (χ1) is 20.1. The number of aromatic nitrogens is 1. The summed E-state index contributed by atoms with van der Waals surface area (Å²) in [5.41, 5.74) is 1.84. The quantitative estimate of drug-likeness (QED) is 0.236. The van der Waals surface area contributed by atoms with Gasteiger partial charge in [0.1, 0.15) is 11.5 Å². The zero-order valence-electron chi connectivity index (χ0n) is 23.1. The molecule has 216 valence electrons. The van der Waals surface area contributed by atoms with Gasteiger partial charge in [-0.25, -0.2) is 14.6 Å². The fourth-order valence-electron chi connectivity index (χ4n) is 4.63. The molecule has 1 atom stereocenters. The number of thiazole rings is 1. The first-order valence-electron chi connectivity index (χ1n) is 13.1. The van der Waals surface area contributed by atoms with Crippen LogP contribution >= 0.6 is 34.5 Å². The number of carbonyl (C=O) groups excluding carboxylic acids is 2. The van der Waals surface area contributed by atoms with Crippen LogP contribution in [0.5, 0.6) is 0 Å². The molecule has 0 saturated heterocycles. The molecule has 11 heteroatoms. The van der Waals surface area contributed by atoms with Crippen LogP contribution in [0.25, 0.3) is 17.4 Å². The second-order valence-corrected chi connectivity index (χ2v) is 11.6. The normalized spacial score (nSPS) is 15.0. The number of hydrogen-bond acceptors (Lipinski definition) is 8. The third kappa shape index (κ3) is 5.86. The van der Waals surface area contributed by atoms with Gasteiger partial charge >= 0.3 is 11.9 Å². The highest BCUT2D eigenvalue weighted by Crippen LogP contribution is 2.32. The highest BCUT2D eigenvalue weighted by Gasteiger charge is 2.33. The van der Waals surface area contributed by atoms with Crippen molar-refractivity contribution in [3.8, 4) is 11.3 Å². The van der Waals surface area contributed by atoms with E-state index < -0.39 is 18.0 Å². The number of esters is 2. The number of fused-ring (bicyclic) bond motifs is 1. The maximum atomic E-state index is 13.8. The van der Waals surface area contributed by atoms with Gasteiger partial charge in [-0.05, 0) is 75.7 Å². The van der Waals surface area contributed by atoms with Gasteiger partial charge in [-0.3, -0.25) is 9.36 Å². The highest BCUT2D eigenvalue weighted by molar-refractivity contribution is 7.07. The minimum Gasteiger partial charge on any atom is -0.463 e. The van der Waals surface area contributed by atoms with E-state index >= 15 is 0 Å². The van der Waals surface area contributed by atoms with Gasteiger partial charge in [-0.15, -0.1) is 0 Å². The maximum Gasteiger partial charge on any atom is 0.339 e. The van der Waals surface area contributed by atoms with Gasteiger partial charge in [0.2, 0.25) is 0 Å². The lowest BCUT2D eigenvalue weighted by Crippen LogP contribution is -2.39. The van der Waals surface area contributed by atoms with Crippen molar-refractivity contribution < 1.29 is 23.5 Å². The summed E-state index contributed by atoms with van der Waals surface area (Å²) in [6.07, 6.45) is 1.30. The fourth-order valence-corrected chi connectivity index (χ4v) is 5.96. The van der Waals surface area contributed by atoms with Gasteiger partial charge in [0.15, 0.2) is 4.80 Å². The molecule has 8 nitrogen and oxygen atoms in total. The second kappa shape index (κ2) is 12.1. The topological polar surface area (TPSA) is 100 Å². The zero-order chi connectivity index (χ0) is 30.1. The number of carbonyl (C=O) groups is 2. The van der Waals surface area contributed by atoms with Crippen molar-refractivity contribution in [2.24, 2.45) is 4.99 Å². The summed E-state index contributed by atoms with van der Waals surface area (Å²) in [6.45, 7) is 7.15. The van der Waals surface area contributed by atoms with Crippen LogP contribution in [0.4, 0.5) is 0 Å². The van der Waals surface area contributed by atoms with Gasteiger partial charge in [0, 0.05) is 21.7 Å². The zero-order valence-corrected chi connectivity index (χ0v) is 25.5. The van der Waals surface area contributed by atoms with Crippen molar-refractivity contribution in [1.29, 1.82) is 0 Å². The van der Waals surface area contributed by atoms with Crippen LogP contribution in [0.3, 0.4) is 0 Å². The summed E-state index contributed by atoms with van der Waals surface area (Å²) >= 11 is 13.5. The van der Waals surface area contributed by atoms with E-state index in [0.29, 0.717) is 53.3 Å². The third-order valence-electron chi connectivity index (χ3n) is 6.41. The first-order valence-corrected chi connectivity index (χ1v) is 14.7. The number of benzene rings is 2. The molecular weight excluding hydrogens is 599 g/mol. The Labute approximate surface area is 255 Å². The lowest BCUT2D eigenvalue weighted by atomic mass is 9.96. The summed E-state index contributed by atoms with van der Waals surface area (Å²) in [4.78, 5) is 44.6. The maximum absolute atomic E-state index is 13.8. The Morgan fingerprint density at radius 1 is 1.07 bits per heavy atom. The Morgan fingerprint density at radius 3 is 2.48 bits per heavy atom. The van der Waals surface area contributed by atoms with Crippen molar-refractivity contribution in [3.05, 3.63) is 112 Å². The van der Waals surface area contributed by atoms with E-state index in [1.165, 1.54) is 15.9 Å². The highest BCUT2D eigenvalue weighted by atomic mass is 35.5. The Bertz CT molecular complexity index is 1900. The van der Waals surface area contributed by atoms with E-state index in [2.05, 4.69) is 4.99 Å². The van der Waals surface area contributed by atoms with Crippen molar-refractivity contribution in [2.45, 2.75) is 39.8 Å². The number of halogens is 2. The van der Waals surface area contributed by atoms with Crippen LogP contribution in [-0.4, -0.2) is 29.2 Å². The van der Waals surface area contributed by atoms with Crippen molar-refractivity contribution in [1.82, 2.24) is 4.57 Å². The Kier molecular flexibility index (Phi) is 8.54. The molecule has 0 radical (unpaired) electrons. The predicted octanol–water partition coefficient (Wildman–Crippen LogP) is 5.93. The molecule has 5 rings (SSSR count). The Balaban J connectivity index is 1.60.